The summed E-state index contributed by atoms with van der Waals surface area (Å²) in [6.45, 7) is 4.27. The van der Waals surface area contributed by atoms with E-state index < -0.39 is 0 Å². The molecular weight excluding hydrogens is 176 g/mol. The second-order valence-electron chi connectivity index (χ2n) is 3.95. The topological polar surface area (TPSA) is 44.0 Å². The van der Waals surface area contributed by atoms with Crippen LogP contribution in [0.5, 0.6) is 0 Å². The van der Waals surface area contributed by atoms with Crippen molar-refractivity contribution in [3.63, 3.8) is 0 Å². The van der Waals surface area contributed by atoms with Gasteiger partial charge in [0, 0.05) is 37.4 Å². The summed E-state index contributed by atoms with van der Waals surface area (Å²) < 4.78 is 0. The van der Waals surface area contributed by atoms with Crippen LogP contribution in [0.4, 0.5) is 0 Å². The van der Waals surface area contributed by atoms with E-state index in [-0.39, 0.29) is 0 Å². The molecule has 0 radical (unpaired) electrons. The Morgan fingerprint density at radius 3 is 2.93 bits per heavy atom. The van der Waals surface area contributed by atoms with Crippen LogP contribution in [0.2, 0.25) is 0 Å². The van der Waals surface area contributed by atoms with Crippen molar-refractivity contribution >= 4 is 0 Å². The number of aromatic amines is 1. The Kier molecular flexibility index (Phi) is 4.62. The number of nitrogens with one attached hydrogen (secondary N) is 2. The molecule has 14 heavy (non-hydrogen) atoms. The molecule has 0 saturated carbocycles. The second kappa shape index (κ2) is 5.78. The third kappa shape index (κ3) is 4.39. The lowest BCUT2D eigenvalue weighted by molar-refractivity contribution is 0.351. The van der Waals surface area contributed by atoms with Crippen molar-refractivity contribution in [1.29, 1.82) is 0 Å². The van der Waals surface area contributed by atoms with Crippen LogP contribution in [0, 0.1) is 0 Å². The van der Waals surface area contributed by atoms with Crippen molar-refractivity contribution in [2.45, 2.75) is 19.4 Å². The Bertz CT molecular complexity index is 230. The number of hydrogen-bond acceptors (Lipinski definition) is 3. The molecule has 0 aliphatic heterocycles. The zero-order valence-electron chi connectivity index (χ0n) is 9.25. The second-order valence-corrected chi connectivity index (χ2v) is 3.95. The summed E-state index contributed by atoms with van der Waals surface area (Å²) in [4.78, 5) is 2.19. The van der Waals surface area contributed by atoms with Gasteiger partial charge >= 0.3 is 0 Å². The molecule has 0 saturated heterocycles. The van der Waals surface area contributed by atoms with Gasteiger partial charge in [0.1, 0.15) is 0 Å². The predicted molar refractivity (Wildman–Crippen MR) is 58.3 cm³/mol. The van der Waals surface area contributed by atoms with Gasteiger partial charge in [0.25, 0.3) is 0 Å². The summed E-state index contributed by atoms with van der Waals surface area (Å²) in [5, 5.41) is 10.3. The maximum absolute atomic E-state index is 3.91. The van der Waals surface area contributed by atoms with Crippen molar-refractivity contribution in [3.05, 3.63) is 18.0 Å². The quantitative estimate of drug-likeness (QED) is 0.696. The summed E-state index contributed by atoms with van der Waals surface area (Å²) in [7, 11) is 4.18. The Morgan fingerprint density at radius 1 is 1.57 bits per heavy atom. The minimum Gasteiger partial charge on any atom is -0.313 e. The van der Waals surface area contributed by atoms with E-state index in [2.05, 4.69) is 41.4 Å². The highest BCUT2D eigenvalue weighted by molar-refractivity contribution is 4.97. The highest BCUT2D eigenvalue weighted by Crippen LogP contribution is 1.92. The number of likely N-dealkylation sites (N-methyl/N-ethyl adjacent to an activating group) is 1. The smallest absolute Gasteiger partial charge is 0.0490 e. The maximum Gasteiger partial charge on any atom is 0.0490 e. The van der Waals surface area contributed by atoms with Crippen molar-refractivity contribution in [2.75, 3.05) is 27.2 Å². The minimum absolute atomic E-state index is 0.535. The number of rotatable bonds is 6. The minimum atomic E-state index is 0.535. The van der Waals surface area contributed by atoms with E-state index in [0.29, 0.717) is 6.04 Å². The van der Waals surface area contributed by atoms with Gasteiger partial charge in [0.15, 0.2) is 0 Å². The molecule has 1 aromatic heterocycles. The van der Waals surface area contributed by atoms with Crippen molar-refractivity contribution in [1.82, 2.24) is 20.4 Å². The highest BCUT2D eigenvalue weighted by atomic mass is 15.1. The van der Waals surface area contributed by atoms with Gasteiger partial charge in [-0.3, -0.25) is 5.10 Å². The van der Waals surface area contributed by atoms with Gasteiger partial charge < -0.3 is 10.2 Å². The van der Waals surface area contributed by atoms with Crippen molar-refractivity contribution < 1.29 is 0 Å². The number of aromatic nitrogens is 2. The number of H-pyrrole nitrogens is 1. The van der Waals surface area contributed by atoms with Gasteiger partial charge in [-0.05, 0) is 27.1 Å². The first-order valence-electron chi connectivity index (χ1n) is 5.05. The molecule has 1 heterocycles. The molecule has 4 heteroatoms. The Morgan fingerprint density at radius 2 is 2.36 bits per heavy atom. The molecule has 1 unspecified atom stereocenters. The molecule has 80 valence electrons. The van der Waals surface area contributed by atoms with Crippen LogP contribution in [-0.2, 0) is 6.42 Å². The lowest BCUT2D eigenvalue weighted by Crippen LogP contribution is -2.36. The van der Waals surface area contributed by atoms with E-state index in [1.807, 2.05) is 6.07 Å². The molecule has 1 atom stereocenters. The lowest BCUT2D eigenvalue weighted by Gasteiger charge is -2.17. The molecule has 0 fully saturated rings. The Labute approximate surface area is 85.7 Å². The van der Waals surface area contributed by atoms with Gasteiger partial charge in [-0.25, -0.2) is 0 Å². The van der Waals surface area contributed by atoms with Crippen LogP contribution >= 0.6 is 0 Å². The van der Waals surface area contributed by atoms with E-state index in [4.69, 9.17) is 0 Å². The highest BCUT2D eigenvalue weighted by Gasteiger charge is 2.02. The van der Waals surface area contributed by atoms with Gasteiger partial charge in [0.05, 0.1) is 0 Å². The zero-order valence-corrected chi connectivity index (χ0v) is 9.25. The van der Waals surface area contributed by atoms with Crippen LogP contribution < -0.4 is 5.32 Å². The average molecular weight is 196 g/mol. The SMILES string of the molecule is CC(CN(C)C)NCCc1ccn[nH]1. The van der Waals surface area contributed by atoms with Crippen LogP contribution in [0.1, 0.15) is 12.6 Å². The summed E-state index contributed by atoms with van der Waals surface area (Å²) in [6.07, 6.45) is 2.80. The number of nitrogens with zero attached hydrogens (tertiary/aromatic N) is 2. The third-order valence-electron chi connectivity index (χ3n) is 2.08. The van der Waals surface area contributed by atoms with Crippen molar-refractivity contribution in [3.8, 4) is 0 Å². The average Bonchev–Trinajstić information content (AvgIpc) is 2.55. The van der Waals surface area contributed by atoms with Crippen LogP contribution in [-0.4, -0.2) is 48.3 Å². The van der Waals surface area contributed by atoms with Crippen LogP contribution in [0.25, 0.3) is 0 Å². The molecule has 0 aliphatic carbocycles. The normalized spacial score (nSPS) is 13.4. The van der Waals surface area contributed by atoms with Gasteiger partial charge in [-0.15, -0.1) is 0 Å². The first kappa shape index (κ1) is 11.2. The van der Waals surface area contributed by atoms with Gasteiger partial charge in [-0.2, -0.15) is 5.10 Å². The first-order valence-corrected chi connectivity index (χ1v) is 5.05. The number of hydrogen-bond donors (Lipinski definition) is 2. The molecule has 0 aromatic carbocycles. The summed E-state index contributed by atoms with van der Waals surface area (Å²) >= 11 is 0. The van der Waals surface area contributed by atoms with Gasteiger partial charge in [0.2, 0.25) is 0 Å². The predicted octanol–water partition coefficient (Wildman–Crippen LogP) is 0.492. The molecule has 1 rings (SSSR count). The molecule has 2 N–H and O–H groups in total. The molecule has 1 aromatic rings. The molecule has 0 spiro atoms. The summed E-state index contributed by atoms with van der Waals surface area (Å²) in [5.74, 6) is 0. The monoisotopic (exact) mass is 196 g/mol. The van der Waals surface area contributed by atoms with E-state index in [1.54, 1.807) is 6.20 Å². The fourth-order valence-corrected chi connectivity index (χ4v) is 1.49. The summed E-state index contributed by atoms with van der Waals surface area (Å²) in [5.41, 5.74) is 1.19. The Hall–Kier alpha value is -0.870. The maximum atomic E-state index is 3.91. The van der Waals surface area contributed by atoms with E-state index in [9.17, 15) is 0 Å². The summed E-state index contributed by atoms with van der Waals surface area (Å²) in [6, 6.07) is 2.55. The zero-order chi connectivity index (χ0) is 10.4. The van der Waals surface area contributed by atoms with Gasteiger partial charge in [-0.1, -0.05) is 0 Å². The first-order chi connectivity index (χ1) is 6.68. The molecular formula is C10H20N4. The largest absolute Gasteiger partial charge is 0.313 e. The van der Waals surface area contributed by atoms with E-state index in [1.165, 1.54) is 5.69 Å². The van der Waals surface area contributed by atoms with Crippen LogP contribution in [0.3, 0.4) is 0 Å². The lowest BCUT2D eigenvalue weighted by atomic mass is 10.2. The third-order valence-corrected chi connectivity index (χ3v) is 2.08. The Balaban J connectivity index is 2.09. The molecule has 4 nitrogen and oxygen atoms in total. The fourth-order valence-electron chi connectivity index (χ4n) is 1.49. The molecule has 0 aliphatic rings. The van der Waals surface area contributed by atoms with Crippen molar-refractivity contribution in [2.24, 2.45) is 0 Å². The van der Waals surface area contributed by atoms with Crippen LogP contribution in [0.15, 0.2) is 12.3 Å². The van der Waals surface area contributed by atoms with E-state index in [0.717, 1.165) is 19.5 Å². The fraction of sp³-hybridized carbons (Fsp3) is 0.700. The van der Waals surface area contributed by atoms with E-state index >= 15 is 0 Å². The molecule has 0 amide bonds. The standard InChI is InChI=1S/C10H20N4/c1-9(8-14(2)3)11-6-4-10-5-7-12-13-10/h5,7,9,11H,4,6,8H2,1-3H3,(H,12,13). The molecule has 0 bridgehead atoms.